The summed E-state index contributed by atoms with van der Waals surface area (Å²) in [7, 11) is 0. The monoisotopic (exact) mass is 206 g/mol. The molecular formula is C11H14N2O2. The van der Waals surface area contributed by atoms with Crippen LogP contribution >= 0.6 is 0 Å². The van der Waals surface area contributed by atoms with Crippen LogP contribution in [0.5, 0.6) is 0 Å². The second kappa shape index (κ2) is 5.80. The van der Waals surface area contributed by atoms with Crippen LogP contribution in [-0.2, 0) is 0 Å². The molecule has 80 valence electrons. The van der Waals surface area contributed by atoms with Crippen molar-refractivity contribution in [2.45, 2.75) is 13.3 Å². The molecule has 0 fully saturated rings. The molecule has 1 rings (SSSR count). The van der Waals surface area contributed by atoms with Crippen LogP contribution in [0.3, 0.4) is 0 Å². The molecule has 0 aliphatic heterocycles. The van der Waals surface area contributed by atoms with Gasteiger partial charge in [0.15, 0.2) is 0 Å². The molecule has 2 N–H and O–H groups in total. The summed E-state index contributed by atoms with van der Waals surface area (Å²) in [5, 5.41) is 2.74. The molecule has 15 heavy (non-hydrogen) atoms. The first-order valence-corrected chi connectivity index (χ1v) is 4.82. The van der Waals surface area contributed by atoms with Crippen molar-refractivity contribution in [1.82, 2.24) is 10.3 Å². The Morgan fingerprint density at radius 3 is 2.93 bits per heavy atom. The van der Waals surface area contributed by atoms with Gasteiger partial charge in [-0.05, 0) is 19.4 Å². The number of nitrogens with one attached hydrogen (secondary N) is 2. The summed E-state index contributed by atoms with van der Waals surface area (Å²) < 4.78 is 0. The van der Waals surface area contributed by atoms with Gasteiger partial charge >= 0.3 is 0 Å². The first kappa shape index (κ1) is 11.2. The molecule has 0 bridgehead atoms. The third-order valence-corrected chi connectivity index (χ3v) is 1.88. The number of hydrogen-bond acceptors (Lipinski definition) is 2. The van der Waals surface area contributed by atoms with Crippen LogP contribution in [0.1, 0.15) is 23.7 Å². The summed E-state index contributed by atoms with van der Waals surface area (Å²) in [5.74, 6) is -0.171. The molecule has 4 nitrogen and oxygen atoms in total. The van der Waals surface area contributed by atoms with Gasteiger partial charge in [0.05, 0.1) is 5.56 Å². The Balaban J connectivity index is 2.47. The minimum absolute atomic E-state index is 0.171. The highest BCUT2D eigenvalue weighted by Crippen LogP contribution is 1.92. The van der Waals surface area contributed by atoms with E-state index >= 15 is 0 Å². The summed E-state index contributed by atoms with van der Waals surface area (Å²) in [6, 6.07) is 2.84. The zero-order valence-corrected chi connectivity index (χ0v) is 8.62. The lowest BCUT2D eigenvalue weighted by Gasteiger charge is -2.02. The van der Waals surface area contributed by atoms with Gasteiger partial charge in [-0.25, -0.2) is 0 Å². The van der Waals surface area contributed by atoms with Crippen molar-refractivity contribution in [1.29, 1.82) is 0 Å². The quantitative estimate of drug-likeness (QED) is 0.571. The summed E-state index contributed by atoms with van der Waals surface area (Å²) in [6.07, 6.45) is 6.14. The smallest absolute Gasteiger partial charge is 0.252 e. The molecule has 1 amide bonds. The third-order valence-electron chi connectivity index (χ3n) is 1.88. The van der Waals surface area contributed by atoms with Crippen LogP contribution in [0.4, 0.5) is 0 Å². The number of carbonyl (C=O) groups is 1. The maximum atomic E-state index is 11.5. The Hall–Kier alpha value is -1.84. The minimum Gasteiger partial charge on any atom is -0.352 e. The average Bonchev–Trinajstić information content (AvgIpc) is 2.25. The highest BCUT2D eigenvalue weighted by molar-refractivity contribution is 5.93. The number of hydrogen-bond donors (Lipinski definition) is 2. The number of rotatable bonds is 4. The predicted molar refractivity (Wildman–Crippen MR) is 58.8 cm³/mol. The maximum Gasteiger partial charge on any atom is 0.252 e. The highest BCUT2D eigenvalue weighted by atomic mass is 16.1. The zero-order valence-electron chi connectivity index (χ0n) is 8.62. The van der Waals surface area contributed by atoms with Gasteiger partial charge in [-0.2, -0.15) is 0 Å². The van der Waals surface area contributed by atoms with Crippen molar-refractivity contribution in [2.75, 3.05) is 6.54 Å². The van der Waals surface area contributed by atoms with Gasteiger partial charge in [0.2, 0.25) is 5.56 Å². The van der Waals surface area contributed by atoms with Gasteiger partial charge in [-0.15, -0.1) is 0 Å². The number of pyridine rings is 1. The normalized spacial score (nSPS) is 10.5. The molecule has 0 saturated heterocycles. The zero-order chi connectivity index (χ0) is 11.1. The van der Waals surface area contributed by atoms with Gasteiger partial charge in [-0.3, -0.25) is 9.59 Å². The van der Waals surface area contributed by atoms with Crippen molar-refractivity contribution >= 4 is 5.91 Å². The van der Waals surface area contributed by atoms with Crippen LogP contribution in [0, 0.1) is 0 Å². The number of amides is 1. The van der Waals surface area contributed by atoms with Crippen LogP contribution in [-0.4, -0.2) is 17.4 Å². The SMILES string of the molecule is C/C=C/CCNC(=O)c1ccc(=O)[nH]c1. The predicted octanol–water partition coefficient (Wildman–Crippen LogP) is 1.07. The van der Waals surface area contributed by atoms with E-state index in [1.54, 1.807) is 0 Å². The highest BCUT2D eigenvalue weighted by Gasteiger charge is 2.02. The van der Waals surface area contributed by atoms with Gasteiger partial charge in [0.25, 0.3) is 5.91 Å². The second-order valence-corrected chi connectivity index (χ2v) is 3.06. The van der Waals surface area contributed by atoms with E-state index < -0.39 is 0 Å². The van der Waals surface area contributed by atoms with E-state index in [9.17, 15) is 9.59 Å². The summed E-state index contributed by atoms with van der Waals surface area (Å²) in [5.41, 5.74) is 0.260. The van der Waals surface area contributed by atoms with E-state index in [4.69, 9.17) is 0 Å². The Morgan fingerprint density at radius 1 is 1.53 bits per heavy atom. The van der Waals surface area contributed by atoms with Crippen molar-refractivity contribution in [3.05, 3.63) is 46.4 Å². The molecule has 0 saturated carbocycles. The van der Waals surface area contributed by atoms with Gasteiger partial charge < -0.3 is 10.3 Å². The van der Waals surface area contributed by atoms with Crippen molar-refractivity contribution in [3.63, 3.8) is 0 Å². The van der Waals surface area contributed by atoms with E-state index in [0.29, 0.717) is 12.1 Å². The standard InChI is InChI=1S/C11H14N2O2/c1-2-3-4-7-12-11(15)9-5-6-10(14)13-8-9/h2-3,5-6,8H,4,7H2,1H3,(H,12,15)(H,13,14)/b3-2+. The molecule has 0 aromatic carbocycles. The maximum absolute atomic E-state index is 11.5. The number of carbonyl (C=O) groups excluding carboxylic acids is 1. The minimum atomic E-state index is -0.208. The lowest BCUT2D eigenvalue weighted by Crippen LogP contribution is -2.24. The van der Waals surface area contributed by atoms with Crippen molar-refractivity contribution < 1.29 is 4.79 Å². The Kier molecular flexibility index (Phi) is 4.34. The van der Waals surface area contributed by atoms with E-state index in [1.165, 1.54) is 18.3 Å². The first-order chi connectivity index (χ1) is 7.24. The molecular weight excluding hydrogens is 192 g/mol. The van der Waals surface area contributed by atoms with Gasteiger partial charge in [0.1, 0.15) is 0 Å². The van der Waals surface area contributed by atoms with Crippen molar-refractivity contribution in [3.8, 4) is 0 Å². The van der Waals surface area contributed by atoms with E-state index in [1.807, 2.05) is 19.1 Å². The second-order valence-electron chi connectivity index (χ2n) is 3.06. The summed E-state index contributed by atoms with van der Waals surface area (Å²) in [6.45, 7) is 2.53. The molecule has 0 aliphatic carbocycles. The fourth-order valence-corrected chi connectivity index (χ4v) is 1.09. The first-order valence-electron chi connectivity index (χ1n) is 4.82. The molecule has 0 radical (unpaired) electrons. The van der Waals surface area contributed by atoms with Crippen LogP contribution in [0.25, 0.3) is 0 Å². The fraction of sp³-hybridized carbons (Fsp3) is 0.273. The van der Waals surface area contributed by atoms with Crippen LogP contribution < -0.4 is 10.9 Å². The lowest BCUT2D eigenvalue weighted by atomic mass is 10.2. The fourth-order valence-electron chi connectivity index (χ4n) is 1.09. The molecule has 1 aromatic rings. The average molecular weight is 206 g/mol. The number of H-pyrrole nitrogens is 1. The number of aromatic nitrogens is 1. The van der Waals surface area contributed by atoms with Gasteiger partial charge in [-0.1, -0.05) is 12.2 Å². The molecule has 4 heteroatoms. The van der Waals surface area contributed by atoms with E-state index in [0.717, 1.165) is 6.42 Å². The summed E-state index contributed by atoms with van der Waals surface area (Å²) in [4.78, 5) is 24.7. The molecule has 0 atom stereocenters. The van der Waals surface area contributed by atoms with Crippen LogP contribution in [0.15, 0.2) is 35.3 Å². The molecule has 1 heterocycles. The number of aromatic amines is 1. The molecule has 1 aromatic heterocycles. The largest absolute Gasteiger partial charge is 0.352 e. The van der Waals surface area contributed by atoms with Crippen LogP contribution in [0.2, 0.25) is 0 Å². The number of allylic oxidation sites excluding steroid dienone is 1. The van der Waals surface area contributed by atoms with Crippen molar-refractivity contribution in [2.24, 2.45) is 0 Å². The molecule has 0 aliphatic rings. The third kappa shape index (κ3) is 3.81. The Bertz CT molecular complexity index is 387. The lowest BCUT2D eigenvalue weighted by molar-refractivity contribution is 0.0954. The Morgan fingerprint density at radius 2 is 2.33 bits per heavy atom. The van der Waals surface area contributed by atoms with E-state index in [2.05, 4.69) is 10.3 Å². The molecule has 0 unspecified atom stereocenters. The van der Waals surface area contributed by atoms with E-state index in [-0.39, 0.29) is 11.5 Å². The topological polar surface area (TPSA) is 62.0 Å². The Labute approximate surface area is 88.0 Å². The molecule has 0 spiro atoms. The summed E-state index contributed by atoms with van der Waals surface area (Å²) >= 11 is 0. The van der Waals surface area contributed by atoms with Gasteiger partial charge in [0, 0.05) is 18.8 Å².